The lowest BCUT2D eigenvalue weighted by molar-refractivity contribution is -0.140. The maximum atomic E-state index is 13.8. The summed E-state index contributed by atoms with van der Waals surface area (Å²) in [5.74, 6) is 0.240. The van der Waals surface area contributed by atoms with Crippen molar-refractivity contribution >= 4 is 17.7 Å². The molecule has 8 heteroatoms. The topological polar surface area (TPSA) is 91.0 Å². The van der Waals surface area contributed by atoms with Gasteiger partial charge < -0.3 is 20.3 Å². The van der Waals surface area contributed by atoms with E-state index in [1.165, 1.54) is 19.3 Å². The molecule has 3 fully saturated rings. The van der Waals surface area contributed by atoms with Gasteiger partial charge in [0.2, 0.25) is 17.7 Å². The molecule has 0 radical (unpaired) electrons. The van der Waals surface area contributed by atoms with E-state index in [2.05, 4.69) is 27.7 Å². The predicted molar refractivity (Wildman–Crippen MR) is 159 cm³/mol. The van der Waals surface area contributed by atoms with E-state index >= 15 is 0 Å². The van der Waals surface area contributed by atoms with Crippen LogP contribution >= 0.6 is 0 Å². The van der Waals surface area contributed by atoms with Gasteiger partial charge in [0.05, 0.1) is 12.0 Å². The number of nitrogens with zero attached hydrogens (tertiary/aromatic N) is 2. The Kier molecular flexibility index (Phi) is 10.1. The largest absolute Gasteiger partial charge is 0.381 e. The van der Waals surface area contributed by atoms with E-state index in [0.717, 1.165) is 44.3 Å². The van der Waals surface area contributed by atoms with Gasteiger partial charge in [-0.1, -0.05) is 61.7 Å². The van der Waals surface area contributed by atoms with Gasteiger partial charge in [-0.05, 0) is 56.4 Å². The van der Waals surface area contributed by atoms with Crippen molar-refractivity contribution in [3.8, 4) is 0 Å². The Balaban J connectivity index is 1.31. The molecule has 3 atom stereocenters. The van der Waals surface area contributed by atoms with E-state index in [1.807, 2.05) is 42.3 Å². The fourth-order valence-electron chi connectivity index (χ4n) is 7.17. The Bertz CT molecular complexity index is 1060. The molecule has 1 spiro atoms. The summed E-state index contributed by atoms with van der Waals surface area (Å²) in [4.78, 5) is 45.0. The Hall–Kier alpha value is -2.71. The number of hydrogen-bond donors (Lipinski definition) is 2. The van der Waals surface area contributed by atoms with Crippen LogP contribution < -0.4 is 10.6 Å². The van der Waals surface area contributed by atoms with Crippen LogP contribution in [0.15, 0.2) is 42.5 Å². The molecule has 3 heterocycles. The number of likely N-dealkylation sites (tertiary alicyclic amines) is 1. The van der Waals surface area contributed by atoms with E-state index in [4.69, 9.17) is 4.74 Å². The number of carbonyl (C=O) groups is 3. The van der Waals surface area contributed by atoms with Crippen LogP contribution in [0.25, 0.3) is 0 Å². The molecule has 5 rings (SSSR count). The van der Waals surface area contributed by atoms with Crippen molar-refractivity contribution in [3.05, 3.63) is 48.0 Å². The number of hydrogen-bond acceptors (Lipinski definition) is 5. The summed E-state index contributed by atoms with van der Waals surface area (Å²) in [6.07, 6.45) is 14.3. The standard InChI is InChI=1S/C33H48N4O4/c1-36(27-13-6-3-7-14-27)30(38)24-37-19-15-28-26(23-37)12-8-9-16-33(17-20-41-21-18-33)32(40)35-29(31(39)34-28)22-25-10-4-2-5-11-25/h2,4-5,8-11,26-29H,3,6-7,12-24H2,1H3,(H,34,39)(H,35,40)/b9-8+/t26-,28+,29-/m0/s1. The fourth-order valence-corrected chi connectivity index (χ4v) is 7.17. The molecular weight excluding hydrogens is 516 g/mol. The average molecular weight is 565 g/mol. The third-order valence-corrected chi connectivity index (χ3v) is 9.97. The molecule has 2 N–H and O–H groups in total. The maximum Gasteiger partial charge on any atom is 0.243 e. The van der Waals surface area contributed by atoms with Gasteiger partial charge >= 0.3 is 0 Å². The highest BCUT2D eigenvalue weighted by molar-refractivity contribution is 5.90. The number of fused-ring (bicyclic) bond motifs is 1. The summed E-state index contributed by atoms with van der Waals surface area (Å²) in [5, 5.41) is 6.50. The summed E-state index contributed by atoms with van der Waals surface area (Å²) >= 11 is 0. The van der Waals surface area contributed by atoms with E-state index in [-0.39, 0.29) is 29.7 Å². The van der Waals surface area contributed by atoms with Crippen LogP contribution in [-0.4, -0.2) is 85.5 Å². The van der Waals surface area contributed by atoms with Crippen molar-refractivity contribution in [2.75, 3.05) is 39.9 Å². The van der Waals surface area contributed by atoms with Gasteiger partial charge in [0.25, 0.3) is 0 Å². The molecule has 3 aliphatic heterocycles. The Morgan fingerprint density at radius 1 is 1.02 bits per heavy atom. The smallest absolute Gasteiger partial charge is 0.243 e. The highest BCUT2D eigenvalue weighted by Crippen LogP contribution is 2.36. The van der Waals surface area contributed by atoms with Gasteiger partial charge in [-0.2, -0.15) is 0 Å². The number of benzene rings is 1. The number of ether oxygens (including phenoxy) is 1. The van der Waals surface area contributed by atoms with E-state index in [9.17, 15) is 14.4 Å². The quantitative estimate of drug-likeness (QED) is 0.535. The number of nitrogens with one attached hydrogen (secondary N) is 2. The summed E-state index contributed by atoms with van der Waals surface area (Å²) < 4.78 is 5.61. The lowest BCUT2D eigenvalue weighted by Crippen LogP contribution is -2.58. The van der Waals surface area contributed by atoms with Gasteiger partial charge in [-0.15, -0.1) is 0 Å². The number of likely N-dealkylation sites (N-methyl/N-ethyl adjacent to an activating group) is 1. The molecule has 4 aliphatic rings. The third kappa shape index (κ3) is 7.58. The minimum absolute atomic E-state index is 0.00113. The van der Waals surface area contributed by atoms with Crippen LogP contribution in [0, 0.1) is 11.3 Å². The predicted octanol–water partition coefficient (Wildman–Crippen LogP) is 3.46. The van der Waals surface area contributed by atoms with Crippen molar-refractivity contribution in [1.29, 1.82) is 0 Å². The fraction of sp³-hybridized carbons (Fsp3) is 0.667. The molecule has 0 bridgehead atoms. The molecule has 2 saturated heterocycles. The molecular formula is C33H48N4O4. The molecule has 1 aromatic carbocycles. The van der Waals surface area contributed by atoms with Crippen molar-refractivity contribution in [2.24, 2.45) is 11.3 Å². The van der Waals surface area contributed by atoms with E-state index < -0.39 is 11.5 Å². The van der Waals surface area contributed by atoms with Crippen LogP contribution in [0.3, 0.4) is 0 Å². The average Bonchev–Trinajstić information content (AvgIpc) is 3.00. The second-order valence-corrected chi connectivity index (χ2v) is 12.7. The van der Waals surface area contributed by atoms with Gasteiger partial charge in [-0.3, -0.25) is 19.3 Å². The van der Waals surface area contributed by atoms with E-state index in [0.29, 0.717) is 51.5 Å². The first kappa shape index (κ1) is 29.8. The van der Waals surface area contributed by atoms with Crippen molar-refractivity contribution < 1.29 is 19.1 Å². The highest BCUT2D eigenvalue weighted by atomic mass is 16.5. The van der Waals surface area contributed by atoms with Crippen LogP contribution in [0.1, 0.15) is 69.8 Å². The van der Waals surface area contributed by atoms with Crippen molar-refractivity contribution in [1.82, 2.24) is 20.4 Å². The number of carbonyl (C=O) groups excluding carboxylic acids is 3. The summed E-state index contributed by atoms with van der Waals surface area (Å²) in [7, 11) is 1.97. The third-order valence-electron chi connectivity index (χ3n) is 9.97. The first-order chi connectivity index (χ1) is 19.9. The Morgan fingerprint density at radius 3 is 2.54 bits per heavy atom. The maximum absolute atomic E-state index is 13.8. The summed E-state index contributed by atoms with van der Waals surface area (Å²) in [5.41, 5.74) is 0.463. The lowest BCUT2D eigenvalue weighted by Gasteiger charge is -2.41. The lowest BCUT2D eigenvalue weighted by atomic mass is 9.75. The molecule has 224 valence electrons. The van der Waals surface area contributed by atoms with Crippen molar-refractivity contribution in [3.63, 3.8) is 0 Å². The molecule has 1 aliphatic carbocycles. The first-order valence-corrected chi connectivity index (χ1v) is 15.8. The van der Waals surface area contributed by atoms with E-state index in [1.54, 1.807) is 0 Å². The second kappa shape index (κ2) is 14.0. The first-order valence-electron chi connectivity index (χ1n) is 15.8. The molecule has 3 amide bonds. The SMILES string of the molecule is CN(C(=O)CN1CC[C@H]2NC(=O)[C@H](Cc3ccccc3)NC(=O)C3(C/C=C/C[C@H]2C1)CCOCC3)C1CCCCC1. The minimum Gasteiger partial charge on any atom is -0.381 e. The normalized spacial score (nSPS) is 28.9. The molecule has 0 unspecified atom stereocenters. The van der Waals surface area contributed by atoms with Crippen LogP contribution in [-0.2, 0) is 25.5 Å². The zero-order valence-electron chi connectivity index (χ0n) is 24.7. The molecule has 1 aromatic rings. The van der Waals surface area contributed by atoms with Gasteiger partial charge in [-0.25, -0.2) is 0 Å². The monoisotopic (exact) mass is 564 g/mol. The van der Waals surface area contributed by atoms with Crippen molar-refractivity contribution in [2.45, 2.75) is 88.8 Å². The van der Waals surface area contributed by atoms with Crippen LogP contribution in [0.2, 0.25) is 0 Å². The zero-order valence-corrected chi connectivity index (χ0v) is 24.7. The van der Waals surface area contributed by atoms with Crippen LogP contribution in [0.4, 0.5) is 0 Å². The van der Waals surface area contributed by atoms with Gasteiger partial charge in [0, 0.05) is 51.9 Å². The summed E-state index contributed by atoms with van der Waals surface area (Å²) in [6.45, 7) is 3.09. The molecule has 8 nitrogen and oxygen atoms in total. The number of piperidine rings is 1. The minimum atomic E-state index is -0.641. The number of allylic oxidation sites excluding steroid dienone is 2. The van der Waals surface area contributed by atoms with Crippen LogP contribution in [0.5, 0.6) is 0 Å². The molecule has 41 heavy (non-hydrogen) atoms. The molecule has 1 saturated carbocycles. The summed E-state index contributed by atoms with van der Waals surface area (Å²) in [6, 6.07) is 9.63. The Labute approximate surface area is 245 Å². The zero-order chi connectivity index (χ0) is 28.7. The molecule has 0 aromatic heterocycles. The number of rotatable bonds is 5. The van der Waals surface area contributed by atoms with Gasteiger partial charge in [0.15, 0.2) is 0 Å². The highest BCUT2D eigenvalue weighted by Gasteiger charge is 2.41. The van der Waals surface area contributed by atoms with Gasteiger partial charge in [0.1, 0.15) is 6.04 Å². The Morgan fingerprint density at radius 2 is 1.78 bits per heavy atom. The second-order valence-electron chi connectivity index (χ2n) is 12.7. The number of amides is 3.